The van der Waals surface area contributed by atoms with Crippen molar-refractivity contribution in [2.24, 2.45) is 0 Å². The van der Waals surface area contributed by atoms with Crippen LogP contribution in [0.1, 0.15) is 58.3 Å². The number of hydrogen-bond acceptors (Lipinski definition) is 2. The Morgan fingerprint density at radius 2 is 1.60 bits per heavy atom. The summed E-state index contributed by atoms with van der Waals surface area (Å²) in [5.41, 5.74) is 0. The fourth-order valence-corrected chi connectivity index (χ4v) is 2.60. The lowest BCUT2D eigenvalue weighted by atomic mass is 10.1. The van der Waals surface area contributed by atoms with Gasteiger partial charge in [0.05, 0.1) is 0 Å². The van der Waals surface area contributed by atoms with Gasteiger partial charge < -0.3 is 5.32 Å². The minimum absolute atomic E-state index is 0.732. The lowest BCUT2D eigenvalue weighted by Gasteiger charge is -2.14. The first-order valence-corrected chi connectivity index (χ1v) is 7.90. The molecule has 1 atom stereocenters. The number of hydrogen-bond donors (Lipinski definition) is 1. The zero-order valence-corrected chi connectivity index (χ0v) is 11.7. The topological polar surface area (TPSA) is 12.0 Å². The molecule has 0 rings (SSSR count). The quantitative estimate of drug-likeness (QED) is 0.538. The molecular formula is C13H29NS. The van der Waals surface area contributed by atoms with Crippen LogP contribution in [0.2, 0.25) is 0 Å². The number of nitrogens with one attached hydrogen (secondary N) is 1. The highest BCUT2D eigenvalue weighted by Gasteiger charge is 2.03. The molecule has 0 heterocycles. The highest BCUT2D eigenvalue weighted by atomic mass is 32.2. The zero-order chi connectivity index (χ0) is 11.4. The summed E-state index contributed by atoms with van der Waals surface area (Å²) < 4.78 is 0. The van der Waals surface area contributed by atoms with Gasteiger partial charge in [-0.3, -0.25) is 0 Å². The highest BCUT2D eigenvalue weighted by Crippen LogP contribution is 2.11. The van der Waals surface area contributed by atoms with Gasteiger partial charge in [-0.15, -0.1) is 0 Å². The third-order valence-corrected chi connectivity index (χ3v) is 3.67. The first-order chi connectivity index (χ1) is 7.35. The van der Waals surface area contributed by atoms with Crippen LogP contribution in [0.15, 0.2) is 0 Å². The third kappa shape index (κ3) is 10.6. The molecule has 0 spiro atoms. The van der Waals surface area contributed by atoms with Gasteiger partial charge in [-0.25, -0.2) is 0 Å². The van der Waals surface area contributed by atoms with Crippen LogP contribution < -0.4 is 5.32 Å². The Kier molecular flexibility index (Phi) is 12.6. The summed E-state index contributed by atoms with van der Waals surface area (Å²) in [7, 11) is 2.09. The SMILES string of the molecule is CCCCCCCCCC(CSC)NC. The molecule has 0 aliphatic rings. The van der Waals surface area contributed by atoms with Crippen LogP contribution in [0.3, 0.4) is 0 Å². The second-order valence-electron chi connectivity index (χ2n) is 4.35. The highest BCUT2D eigenvalue weighted by molar-refractivity contribution is 7.98. The molecule has 0 aromatic carbocycles. The Balaban J connectivity index is 3.14. The van der Waals surface area contributed by atoms with Gasteiger partial charge in [-0.2, -0.15) is 11.8 Å². The van der Waals surface area contributed by atoms with Crippen molar-refractivity contribution in [1.29, 1.82) is 0 Å². The molecule has 92 valence electrons. The van der Waals surface area contributed by atoms with E-state index < -0.39 is 0 Å². The van der Waals surface area contributed by atoms with Crippen LogP contribution >= 0.6 is 11.8 Å². The van der Waals surface area contributed by atoms with E-state index in [4.69, 9.17) is 0 Å². The van der Waals surface area contributed by atoms with E-state index in [-0.39, 0.29) is 0 Å². The normalized spacial score (nSPS) is 13.0. The fraction of sp³-hybridized carbons (Fsp3) is 1.00. The molecule has 0 fully saturated rings. The van der Waals surface area contributed by atoms with E-state index in [9.17, 15) is 0 Å². The summed E-state index contributed by atoms with van der Waals surface area (Å²) in [4.78, 5) is 0. The molecule has 1 unspecified atom stereocenters. The first kappa shape index (κ1) is 15.3. The molecule has 0 saturated heterocycles. The molecule has 0 amide bonds. The summed E-state index contributed by atoms with van der Waals surface area (Å²) in [5.74, 6) is 1.26. The van der Waals surface area contributed by atoms with Crippen LogP contribution in [0.25, 0.3) is 0 Å². The lowest BCUT2D eigenvalue weighted by Crippen LogP contribution is -2.27. The lowest BCUT2D eigenvalue weighted by molar-refractivity contribution is 0.511. The van der Waals surface area contributed by atoms with Gasteiger partial charge in [-0.05, 0) is 19.7 Å². The number of thioether (sulfide) groups is 1. The first-order valence-electron chi connectivity index (χ1n) is 6.51. The summed E-state index contributed by atoms with van der Waals surface area (Å²) >= 11 is 1.95. The Morgan fingerprint density at radius 1 is 1.00 bits per heavy atom. The van der Waals surface area contributed by atoms with Crippen LogP contribution in [0.5, 0.6) is 0 Å². The predicted octanol–water partition coefficient (Wildman–Crippen LogP) is 4.08. The van der Waals surface area contributed by atoms with Crippen LogP contribution in [0.4, 0.5) is 0 Å². The maximum absolute atomic E-state index is 3.39. The average Bonchev–Trinajstić information content (AvgIpc) is 2.26. The molecule has 0 aliphatic carbocycles. The zero-order valence-electron chi connectivity index (χ0n) is 10.8. The van der Waals surface area contributed by atoms with E-state index >= 15 is 0 Å². The molecule has 0 saturated carbocycles. The minimum atomic E-state index is 0.732. The van der Waals surface area contributed by atoms with Gasteiger partial charge in [0, 0.05) is 11.8 Å². The van der Waals surface area contributed by atoms with Gasteiger partial charge in [0.25, 0.3) is 0 Å². The molecule has 0 aromatic heterocycles. The van der Waals surface area contributed by atoms with Crippen LogP contribution in [-0.4, -0.2) is 25.1 Å². The second kappa shape index (κ2) is 12.4. The minimum Gasteiger partial charge on any atom is -0.316 e. The number of rotatable bonds is 11. The van der Waals surface area contributed by atoms with Gasteiger partial charge in [0.15, 0.2) is 0 Å². The summed E-state index contributed by atoms with van der Waals surface area (Å²) in [6.45, 7) is 2.28. The standard InChI is InChI=1S/C13H29NS/c1-4-5-6-7-8-9-10-11-13(14-2)12-15-3/h13-14H,4-12H2,1-3H3. The van der Waals surface area contributed by atoms with Gasteiger partial charge in [0.2, 0.25) is 0 Å². The van der Waals surface area contributed by atoms with Crippen molar-refractivity contribution in [2.75, 3.05) is 19.1 Å². The van der Waals surface area contributed by atoms with Crippen molar-refractivity contribution in [3.05, 3.63) is 0 Å². The van der Waals surface area contributed by atoms with Crippen molar-refractivity contribution in [2.45, 2.75) is 64.3 Å². The molecular weight excluding hydrogens is 202 g/mol. The molecule has 0 radical (unpaired) electrons. The largest absolute Gasteiger partial charge is 0.316 e. The fourth-order valence-electron chi connectivity index (χ4n) is 1.86. The molecule has 1 nitrogen and oxygen atoms in total. The van der Waals surface area contributed by atoms with Crippen LogP contribution in [-0.2, 0) is 0 Å². The van der Waals surface area contributed by atoms with Crippen molar-refractivity contribution in [3.8, 4) is 0 Å². The number of unbranched alkanes of at least 4 members (excludes halogenated alkanes) is 6. The third-order valence-electron chi connectivity index (χ3n) is 2.93. The van der Waals surface area contributed by atoms with Crippen molar-refractivity contribution >= 4 is 11.8 Å². The molecule has 0 aliphatic heterocycles. The Bertz CT molecular complexity index is 117. The Labute approximate surface area is 101 Å². The monoisotopic (exact) mass is 231 g/mol. The van der Waals surface area contributed by atoms with Crippen LogP contribution in [0, 0.1) is 0 Å². The molecule has 1 N–H and O–H groups in total. The Hall–Kier alpha value is 0.310. The maximum Gasteiger partial charge on any atom is 0.0155 e. The summed E-state index contributed by atoms with van der Waals surface area (Å²) in [6.07, 6.45) is 13.5. The van der Waals surface area contributed by atoms with E-state index in [2.05, 4.69) is 25.5 Å². The van der Waals surface area contributed by atoms with Gasteiger partial charge >= 0.3 is 0 Å². The predicted molar refractivity (Wildman–Crippen MR) is 73.8 cm³/mol. The second-order valence-corrected chi connectivity index (χ2v) is 5.26. The maximum atomic E-state index is 3.39. The van der Waals surface area contributed by atoms with Crippen molar-refractivity contribution in [1.82, 2.24) is 5.32 Å². The van der Waals surface area contributed by atoms with E-state index in [1.807, 2.05) is 11.8 Å². The van der Waals surface area contributed by atoms with Gasteiger partial charge in [-0.1, -0.05) is 51.9 Å². The van der Waals surface area contributed by atoms with Gasteiger partial charge in [0.1, 0.15) is 0 Å². The van der Waals surface area contributed by atoms with E-state index in [0.717, 1.165) is 6.04 Å². The molecule has 0 bridgehead atoms. The van der Waals surface area contributed by atoms with Crippen molar-refractivity contribution in [3.63, 3.8) is 0 Å². The van der Waals surface area contributed by atoms with E-state index in [1.54, 1.807) is 0 Å². The van der Waals surface area contributed by atoms with E-state index in [1.165, 1.54) is 57.1 Å². The smallest absolute Gasteiger partial charge is 0.0155 e. The Morgan fingerprint density at radius 3 is 2.13 bits per heavy atom. The average molecular weight is 231 g/mol. The molecule has 2 heteroatoms. The molecule has 0 aromatic rings. The van der Waals surface area contributed by atoms with Crippen molar-refractivity contribution < 1.29 is 0 Å². The summed E-state index contributed by atoms with van der Waals surface area (Å²) in [5, 5.41) is 3.39. The summed E-state index contributed by atoms with van der Waals surface area (Å²) in [6, 6.07) is 0.732. The molecule has 15 heavy (non-hydrogen) atoms. The van der Waals surface area contributed by atoms with E-state index in [0.29, 0.717) is 0 Å².